The Morgan fingerprint density at radius 2 is 1.87 bits per heavy atom. The molecule has 0 amide bonds. The van der Waals surface area contributed by atoms with E-state index in [0.29, 0.717) is 22.9 Å². The second-order valence-electron chi connectivity index (χ2n) is 6.25. The third-order valence-electron chi connectivity index (χ3n) is 2.97. The van der Waals surface area contributed by atoms with Crippen molar-refractivity contribution in [3.05, 3.63) is 36.2 Å². The topological polar surface area (TPSA) is 105 Å². The maximum Gasteiger partial charge on any atom is 0.169 e. The monoisotopic (exact) mass is 314 g/mol. The summed E-state index contributed by atoms with van der Waals surface area (Å²) in [6.07, 6.45) is 1.42. The number of anilines is 4. The van der Waals surface area contributed by atoms with Crippen LogP contribution in [-0.2, 0) is 0 Å². The van der Waals surface area contributed by atoms with Gasteiger partial charge >= 0.3 is 0 Å². The highest BCUT2D eigenvalue weighted by atomic mass is 16.1. The molecule has 0 saturated heterocycles. The summed E-state index contributed by atoms with van der Waals surface area (Å²) in [5.74, 6) is 0.958. The SMILES string of the molecule is CC(=O)c1cccc(Nc2ncnc(NNC(C)(C)C)c2N)c1. The maximum atomic E-state index is 11.5. The summed E-state index contributed by atoms with van der Waals surface area (Å²) in [5, 5.41) is 3.11. The predicted molar refractivity (Wildman–Crippen MR) is 92.7 cm³/mol. The van der Waals surface area contributed by atoms with Gasteiger partial charge in [-0.3, -0.25) is 4.79 Å². The summed E-state index contributed by atoms with van der Waals surface area (Å²) >= 11 is 0. The number of ketones is 1. The van der Waals surface area contributed by atoms with E-state index in [1.165, 1.54) is 13.3 Å². The van der Waals surface area contributed by atoms with Crippen molar-refractivity contribution in [3.8, 4) is 0 Å². The van der Waals surface area contributed by atoms with Gasteiger partial charge in [0.2, 0.25) is 0 Å². The number of rotatable bonds is 5. The van der Waals surface area contributed by atoms with Gasteiger partial charge in [0.25, 0.3) is 0 Å². The minimum absolute atomic E-state index is 0.000965. The molecule has 0 fully saturated rings. The van der Waals surface area contributed by atoms with Crippen LogP contribution in [0.2, 0.25) is 0 Å². The quantitative estimate of drug-likeness (QED) is 0.497. The number of aromatic nitrogens is 2. The molecule has 2 rings (SSSR count). The standard InChI is InChI=1S/C16H22N6O/c1-10(23)11-6-5-7-12(8-11)20-14-13(17)15(19-9-18-14)21-22-16(2,3)4/h5-9,22H,17H2,1-4H3,(H2,18,19,20,21). The summed E-state index contributed by atoms with van der Waals surface area (Å²) < 4.78 is 0. The van der Waals surface area contributed by atoms with Gasteiger partial charge in [-0.05, 0) is 39.8 Å². The normalized spacial score (nSPS) is 11.1. The molecule has 2 aromatic rings. The lowest BCUT2D eigenvalue weighted by Gasteiger charge is -2.22. The van der Waals surface area contributed by atoms with Gasteiger partial charge in [-0.25, -0.2) is 15.4 Å². The van der Waals surface area contributed by atoms with Crippen molar-refractivity contribution in [2.24, 2.45) is 0 Å². The lowest BCUT2D eigenvalue weighted by Crippen LogP contribution is -2.40. The second-order valence-corrected chi connectivity index (χ2v) is 6.25. The molecule has 5 N–H and O–H groups in total. The van der Waals surface area contributed by atoms with E-state index in [0.717, 1.165) is 5.69 Å². The molecule has 0 bridgehead atoms. The van der Waals surface area contributed by atoms with E-state index in [4.69, 9.17) is 5.73 Å². The van der Waals surface area contributed by atoms with Gasteiger partial charge in [-0.1, -0.05) is 12.1 Å². The summed E-state index contributed by atoms with van der Waals surface area (Å²) in [4.78, 5) is 19.7. The Balaban J connectivity index is 2.20. The highest BCUT2D eigenvalue weighted by molar-refractivity contribution is 5.95. The largest absolute Gasteiger partial charge is 0.393 e. The molecule has 0 spiro atoms. The number of nitrogens with two attached hydrogens (primary N) is 1. The number of hydrogen-bond donors (Lipinski definition) is 4. The number of carbonyl (C=O) groups excluding carboxylic acids is 1. The van der Waals surface area contributed by atoms with Gasteiger partial charge in [0.1, 0.15) is 12.0 Å². The van der Waals surface area contributed by atoms with Gasteiger partial charge < -0.3 is 16.5 Å². The number of nitrogens with one attached hydrogen (secondary N) is 3. The molecule has 1 aromatic carbocycles. The zero-order valence-electron chi connectivity index (χ0n) is 13.8. The first-order chi connectivity index (χ1) is 10.8. The summed E-state index contributed by atoms with van der Waals surface area (Å²) in [6.45, 7) is 7.58. The van der Waals surface area contributed by atoms with Crippen LogP contribution in [0.1, 0.15) is 38.1 Å². The molecule has 0 atom stereocenters. The van der Waals surface area contributed by atoms with E-state index < -0.39 is 0 Å². The van der Waals surface area contributed by atoms with Crippen LogP contribution in [0.5, 0.6) is 0 Å². The molecule has 0 aliphatic rings. The first-order valence-electron chi connectivity index (χ1n) is 7.28. The Morgan fingerprint density at radius 1 is 1.17 bits per heavy atom. The summed E-state index contributed by atoms with van der Waals surface area (Å²) in [5.41, 5.74) is 13.8. The van der Waals surface area contributed by atoms with Crippen molar-refractivity contribution in [2.75, 3.05) is 16.5 Å². The number of nitrogens with zero attached hydrogens (tertiary/aromatic N) is 2. The second kappa shape index (κ2) is 6.62. The van der Waals surface area contributed by atoms with E-state index in [-0.39, 0.29) is 11.3 Å². The van der Waals surface area contributed by atoms with Crippen molar-refractivity contribution in [1.29, 1.82) is 0 Å². The fourth-order valence-corrected chi connectivity index (χ4v) is 1.79. The number of hydrogen-bond acceptors (Lipinski definition) is 7. The highest BCUT2D eigenvalue weighted by Crippen LogP contribution is 2.26. The molecular formula is C16H22N6O. The zero-order valence-corrected chi connectivity index (χ0v) is 13.8. The average molecular weight is 314 g/mol. The Labute approximate surface area is 135 Å². The van der Waals surface area contributed by atoms with Gasteiger partial charge in [0, 0.05) is 16.8 Å². The van der Waals surface area contributed by atoms with Crippen molar-refractivity contribution in [2.45, 2.75) is 33.2 Å². The van der Waals surface area contributed by atoms with Crippen LogP contribution in [0.15, 0.2) is 30.6 Å². The average Bonchev–Trinajstić information content (AvgIpc) is 2.47. The molecule has 1 heterocycles. The first kappa shape index (κ1) is 16.7. The van der Waals surface area contributed by atoms with Crippen LogP contribution in [-0.4, -0.2) is 21.3 Å². The third-order valence-corrected chi connectivity index (χ3v) is 2.97. The van der Waals surface area contributed by atoms with E-state index in [1.807, 2.05) is 26.8 Å². The molecule has 0 aliphatic carbocycles. The van der Waals surface area contributed by atoms with Crippen LogP contribution in [0, 0.1) is 0 Å². The van der Waals surface area contributed by atoms with Gasteiger partial charge in [0.05, 0.1) is 0 Å². The Hall–Kier alpha value is -2.67. The number of carbonyl (C=O) groups is 1. The number of Topliss-reactive ketones (excluding diaryl/α,β-unsaturated/α-hetero) is 1. The van der Waals surface area contributed by atoms with Crippen molar-refractivity contribution in [3.63, 3.8) is 0 Å². The number of nitrogen functional groups attached to an aromatic ring is 1. The van der Waals surface area contributed by atoms with Gasteiger partial charge in [-0.2, -0.15) is 0 Å². The van der Waals surface area contributed by atoms with E-state index in [1.54, 1.807) is 18.2 Å². The molecular weight excluding hydrogens is 292 g/mol. The fraction of sp³-hybridized carbons (Fsp3) is 0.312. The first-order valence-corrected chi connectivity index (χ1v) is 7.28. The molecule has 7 heteroatoms. The lowest BCUT2D eigenvalue weighted by molar-refractivity contribution is 0.101. The van der Waals surface area contributed by atoms with Crippen molar-refractivity contribution < 1.29 is 4.79 Å². The summed E-state index contributed by atoms with van der Waals surface area (Å²) in [7, 11) is 0. The van der Waals surface area contributed by atoms with E-state index in [2.05, 4.69) is 26.1 Å². The minimum atomic E-state index is -0.138. The van der Waals surface area contributed by atoms with Crippen LogP contribution in [0.3, 0.4) is 0 Å². The van der Waals surface area contributed by atoms with Crippen LogP contribution in [0.4, 0.5) is 23.0 Å². The Morgan fingerprint density at radius 3 is 2.52 bits per heavy atom. The Bertz CT molecular complexity index is 708. The molecule has 1 aromatic heterocycles. The van der Waals surface area contributed by atoms with Crippen LogP contribution >= 0.6 is 0 Å². The predicted octanol–water partition coefficient (Wildman–Crippen LogP) is 2.72. The van der Waals surface area contributed by atoms with Crippen molar-refractivity contribution in [1.82, 2.24) is 15.4 Å². The van der Waals surface area contributed by atoms with E-state index >= 15 is 0 Å². The summed E-state index contributed by atoms with van der Waals surface area (Å²) in [6, 6.07) is 7.16. The number of hydrazine groups is 1. The van der Waals surface area contributed by atoms with Crippen LogP contribution in [0.25, 0.3) is 0 Å². The fourth-order valence-electron chi connectivity index (χ4n) is 1.79. The maximum absolute atomic E-state index is 11.5. The lowest BCUT2D eigenvalue weighted by atomic mass is 10.1. The van der Waals surface area contributed by atoms with Crippen molar-refractivity contribution >= 4 is 28.8 Å². The molecule has 0 aliphatic heterocycles. The molecule has 23 heavy (non-hydrogen) atoms. The molecule has 7 nitrogen and oxygen atoms in total. The molecule has 0 radical (unpaired) electrons. The minimum Gasteiger partial charge on any atom is -0.393 e. The van der Waals surface area contributed by atoms with E-state index in [9.17, 15) is 4.79 Å². The van der Waals surface area contributed by atoms with Gasteiger partial charge in [-0.15, -0.1) is 0 Å². The number of benzene rings is 1. The third kappa shape index (κ3) is 4.65. The zero-order chi connectivity index (χ0) is 17.0. The molecule has 122 valence electrons. The highest BCUT2D eigenvalue weighted by Gasteiger charge is 2.12. The Kier molecular flexibility index (Phi) is 4.80. The molecule has 0 saturated carbocycles. The molecule has 0 unspecified atom stereocenters. The smallest absolute Gasteiger partial charge is 0.169 e. The van der Waals surface area contributed by atoms with Crippen LogP contribution < -0.4 is 21.9 Å². The van der Waals surface area contributed by atoms with Gasteiger partial charge in [0.15, 0.2) is 17.4 Å².